The van der Waals surface area contributed by atoms with Crippen LogP contribution in [0.25, 0.3) is 0 Å². The first-order chi connectivity index (χ1) is 12.8. The molecule has 4 unspecified atom stereocenters. The summed E-state index contributed by atoms with van der Waals surface area (Å²) in [5.74, 6) is -1.29. The third kappa shape index (κ3) is 2.93. The third-order valence-corrected chi connectivity index (χ3v) is 5.18. The molecule has 0 amide bonds. The molecule has 4 heterocycles. The third-order valence-electron chi connectivity index (χ3n) is 5.18. The van der Waals surface area contributed by atoms with E-state index in [-0.39, 0.29) is 0 Å². The van der Waals surface area contributed by atoms with Crippen LogP contribution in [0.3, 0.4) is 0 Å². The molecule has 4 aliphatic heterocycles. The molecular formula is C20H22O6. The van der Waals surface area contributed by atoms with E-state index in [4.69, 9.17) is 28.4 Å². The Morgan fingerprint density at radius 1 is 0.692 bits per heavy atom. The first-order valence-electron chi connectivity index (χ1n) is 9.10. The molecule has 0 bridgehead atoms. The first kappa shape index (κ1) is 16.3. The predicted molar refractivity (Wildman–Crippen MR) is 90.4 cm³/mol. The molecule has 0 aromatic heterocycles. The highest BCUT2D eigenvalue weighted by molar-refractivity contribution is 5.25. The predicted octanol–water partition coefficient (Wildman–Crippen LogP) is 3.82. The van der Waals surface area contributed by atoms with Crippen molar-refractivity contribution in [2.24, 2.45) is 0 Å². The maximum atomic E-state index is 6.05. The smallest absolute Gasteiger partial charge is 0.236 e. The van der Waals surface area contributed by atoms with Crippen LogP contribution in [0.5, 0.6) is 0 Å². The van der Waals surface area contributed by atoms with Crippen LogP contribution in [-0.2, 0) is 28.4 Å². The summed E-state index contributed by atoms with van der Waals surface area (Å²) in [4.78, 5) is 0. The number of benzene rings is 1. The van der Waals surface area contributed by atoms with Crippen molar-refractivity contribution in [3.63, 3.8) is 0 Å². The summed E-state index contributed by atoms with van der Waals surface area (Å²) in [6.45, 7) is 0.873. The van der Waals surface area contributed by atoms with Gasteiger partial charge in [-0.1, -0.05) is 24.3 Å². The van der Waals surface area contributed by atoms with E-state index in [1.807, 2.05) is 36.4 Å². The van der Waals surface area contributed by atoms with E-state index in [1.165, 1.54) is 0 Å². The van der Waals surface area contributed by atoms with Crippen LogP contribution in [-0.4, -0.2) is 24.8 Å². The number of hydrogen-bond acceptors (Lipinski definition) is 6. The Labute approximate surface area is 152 Å². The highest BCUT2D eigenvalue weighted by atomic mass is 16.8. The van der Waals surface area contributed by atoms with Crippen molar-refractivity contribution in [1.82, 2.24) is 0 Å². The van der Waals surface area contributed by atoms with Gasteiger partial charge in [0.25, 0.3) is 0 Å². The Bertz CT molecular complexity index is 653. The molecular weight excluding hydrogens is 336 g/mol. The van der Waals surface area contributed by atoms with Gasteiger partial charge >= 0.3 is 0 Å². The van der Waals surface area contributed by atoms with Gasteiger partial charge in [-0.15, -0.1) is 0 Å². The van der Waals surface area contributed by atoms with Crippen molar-refractivity contribution < 1.29 is 28.4 Å². The summed E-state index contributed by atoms with van der Waals surface area (Å²) >= 11 is 0. The van der Waals surface area contributed by atoms with Crippen LogP contribution in [0.2, 0.25) is 0 Å². The molecule has 2 fully saturated rings. The van der Waals surface area contributed by atoms with Gasteiger partial charge in [0, 0.05) is 24.0 Å². The molecule has 4 atom stereocenters. The summed E-state index contributed by atoms with van der Waals surface area (Å²) in [6.07, 6.45) is 10.0. The summed E-state index contributed by atoms with van der Waals surface area (Å²) in [5.41, 5.74) is 1.90. The Hall–Kier alpha value is -1.86. The SMILES string of the molecule is C1=COC2(CC1)COC(c1ccc(C3OCC4(CCC=CO4)O3)cc1)O2. The second-order valence-electron chi connectivity index (χ2n) is 7.07. The van der Waals surface area contributed by atoms with E-state index in [0.29, 0.717) is 13.2 Å². The Kier molecular flexibility index (Phi) is 4.01. The zero-order chi connectivity index (χ0) is 17.5. The molecule has 5 rings (SSSR count). The fourth-order valence-corrected chi connectivity index (χ4v) is 3.66. The van der Waals surface area contributed by atoms with Gasteiger partial charge in [0.1, 0.15) is 13.2 Å². The fourth-order valence-electron chi connectivity index (χ4n) is 3.66. The summed E-state index contributed by atoms with van der Waals surface area (Å²) < 4.78 is 35.0. The van der Waals surface area contributed by atoms with Gasteiger partial charge in [-0.25, -0.2) is 0 Å². The van der Waals surface area contributed by atoms with Crippen molar-refractivity contribution >= 4 is 0 Å². The lowest BCUT2D eigenvalue weighted by Crippen LogP contribution is -2.34. The van der Waals surface area contributed by atoms with Crippen LogP contribution in [0.1, 0.15) is 49.4 Å². The van der Waals surface area contributed by atoms with Crippen LogP contribution < -0.4 is 0 Å². The van der Waals surface area contributed by atoms with E-state index >= 15 is 0 Å². The number of rotatable bonds is 2. The van der Waals surface area contributed by atoms with Crippen LogP contribution in [0.4, 0.5) is 0 Å². The summed E-state index contributed by atoms with van der Waals surface area (Å²) in [7, 11) is 0. The lowest BCUT2D eigenvalue weighted by atomic mass is 10.1. The average molecular weight is 358 g/mol. The normalized spacial score (nSPS) is 38.6. The molecule has 2 saturated heterocycles. The monoisotopic (exact) mass is 358 g/mol. The van der Waals surface area contributed by atoms with Gasteiger partial charge in [0.2, 0.25) is 11.6 Å². The van der Waals surface area contributed by atoms with Crippen LogP contribution >= 0.6 is 0 Å². The minimum absolute atomic E-state index is 0.417. The van der Waals surface area contributed by atoms with Gasteiger partial charge in [-0.3, -0.25) is 0 Å². The Morgan fingerprint density at radius 2 is 1.15 bits per heavy atom. The zero-order valence-electron chi connectivity index (χ0n) is 14.5. The van der Waals surface area contributed by atoms with Gasteiger partial charge in [-0.2, -0.15) is 0 Å². The van der Waals surface area contributed by atoms with E-state index in [0.717, 1.165) is 36.8 Å². The molecule has 138 valence electrons. The Balaban J connectivity index is 1.25. The van der Waals surface area contributed by atoms with Gasteiger partial charge in [-0.05, 0) is 25.0 Å². The quantitative estimate of drug-likeness (QED) is 0.801. The minimum atomic E-state index is -0.645. The fraction of sp³-hybridized carbons (Fsp3) is 0.500. The van der Waals surface area contributed by atoms with Gasteiger partial charge < -0.3 is 28.4 Å². The average Bonchev–Trinajstić information content (AvgIpc) is 3.28. The maximum absolute atomic E-state index is 6.05. The Morgan fingerprint density at radius 3 is 1.54 bits per heavy atom. The second-order valence-corrected chi connectivity index (χ2v) is 7.07. The van der Waals surface area contributed by atoms with Crippen molar-refractivity contribution in [3.8, 4) is 0 Å². The number of hydrogen-bond donors (Lipinski definition) is 0. The zero-order valence-corrected chi connectivity index (χ0v) is 14.5. The van der Waals surface area contributed by atoms with E-state index in [1.54, 1.807) is 12.5 Å². The highest BCUT2D eigenvalue weighted by Crippen LogP contribution is 2.41. The molecule has 6 nitrogen and oxygen atoms in total. The molecule has 4 aliphatic rings. The van der Waals surface area contributed by atoms with E-state index in [9.17, 15) is 0 Å². The number of allylic oxidation sites excluding steroid dienone is 2. The van der Waals surface area contributed by atoms with Gasteiger partial charge in [0.15, 0.2) is 12.6 Å². The summed E-state index contributed by atoms with van der Waals surface area (Å²) in [6, 6.07) is 7.93. The lowest BCUT2D eigenvalue weighted by molar-refractivity contribution is -0.207. The van der Waals surface area contributed by atoms with Crippen LogP contribution in [0, 0.1) is 0 Å². The van der Waals surface area contributed by atoms with Crippen molar-refractivity contribution in [1.29, 1.82) is 0 Å². The second kappa shape index (κ2) is 6.39. The van der Waals surface area contributed by atoms with Gasteiger partial charge in [0.05, 0.1) is 12.5 Å². The maximum Gasteiger partial charge on any atom is 0.236 e. The molecule has 1 aromatic rings. The molecule has 6 heteroatoms. The summed E-state index contributed by atoms with van der Waals surface area (Å²) in [5, 5.41) is 0. The van der Waals surface area contributed by atoms with Crippen LogP contribution in [0.15, 0.2) is 48.9 Å². The van der Waals surface area contributed by atoms with Crippen molar-refractivity contribution in [2.75, 3.05) is 13.2 Å². The highest BCUT2D eigenvalue weighted by Gasteiger charge is 2.45. The molecule has 0 saturated carbocycles. The minimum Gasteiger partial charge on any atom is -0.468 e. The van der Waals surface area contributed by atoms with Crippen molar-refractivity contribution in [3.05, 3.63) is 60.1 Å². The van der Waals surface area contributed by atoms with E-state index < -0.39 is 24.2 Å². The lowest BCUT2D eigenvalue weighted by Gasteiger charge is -2.29. The molecule has 2 spiro atoms. The molecule has 0 radical (unpaired) electrons. The van der Waals surface area contributed by atoms with Crippen molar-refractivity contribution in [2.45, 2.75) is 49.8 Å². The first-order valence-corrected chi connectivity index (χ1v) is 9.10. The molecule has 1 aromatic carbocycles. The number of ether oxygens (including phenoxy) is 6. The molecule has 26 heavy (non-hydrogen) atoms. The topological polar surface area (TPSA) is 55.4 Å². The largest absolute Gasteiger partial charge is 0.468 e. The van der Waals surface area contributed by atoms with E-state index in [2.05, 4.69) is 0 Å². The molecule has 0 aliphatic carbocycles. The molecule has 0 N–H and O–H groups in total. The standard InChI is InChI=1S/C20H22O6/c1-3-11-23-19(9-1)13-21-17(25-19)15-5-7-16(8-6-15)18-22-14-20(26-18)10-2-4-12-24-20/h3-8,11-12,17-18H,1-2,9-10,13-14H2.